The maximum atomic E-state index is 10.6. The van der Waals surface area contributed by atoms with Crippen LogP contribution in [0.3, 0.4) is 0 Å². The molecule has 0 radical (unpaired) electrons. The summed E-state index contributed by atoms with van der Waals surface area (Å²) >= 11 is 0. The maximum absolute atomic E-state index is 10.6. The fourth-order valence-corrected chi connectivity index (χ4v) is 2.07. The molecule has 2 aromatic carbocycles. The van der Waals surface area contributed by atoms with E-state index in [0.29, 0.717) is 6.07 Å². The van der Waals surface area contributed by atoms with E-state index in [9.17, 15) is 39.0 Å². The van der Waals surface area contributed by atoms with Gasteiger partial charge in [-0.1, -0.05) is 6.07 Å². The molecule has 0 aliphatic carbocycles. The molecule has 2 aromatic rings. The standard InChI is InChI=1S/2C9H6O6.Li.Na/c2*10-7(11)4-1-2-5(8(12)13)6(3-4)9(14)15;;/h2*1-3H,(H,10,11)(H,12,13)(H,14,15);;/q;;2*+1/p-2. The number of benzene rings is 2. The van der Waals surface area contributed by atoms with Crippen LogP contribution >= 0.6 is 0 Å². The summed E-state index contributed by atoms with van der Waals surface area (Å²) in [7, 11) is 0. The van der Waals surface area contributed by atoms with Crippen molar-refractivity contribution in [1.82, 2.24) is 0 Å². The first-order chi connectivity index (χ1) is 13.9. The van der Waals surface area contributed by atoms with Crippen LogP contribution in [0.4, 0.5) is 0 Å². The van der Waals surface area contributed by atoms with Crippen molar-refractivity contribution in [1.29, 1.82) is 0 Å². The Hall–Kier alpha value is -3.14. The van der Waals surface area contributed by atoms with Gasteiger partial charge in [0, 0.05) is 5.56 Å². The summed E-state index contributed by atoms with van der Waals surface area (Å²) in [5, 5.41) is 55.4. The summed E-state index contributed by atoms with van der Waals surface area (Å²) in [6.07, 6.45) is 0. The van der Waals surface area contributed by atoms with E-state index in [2.05, 4.69) is 0 Å². The van der Waals surface area contributed by atoms with Crippen molar-refractivity contribution in [3.8, 4) is 0 Å². The van der Waals surface area contributed by atoms with E-state index in [1.165, 1.54) is 0 Å². The van der Waals surface area contributed by atoms with Gasteiger partial charge in [-0.25, -0.2) is 19.2 Å². The molecular weight excluding hydrogens is 438 g/mol. The quantitative estimate of drug-likeness (QED) is 0.302. The fourth-order valence-electron chi connectivity index (χ4n) is 2.07. The zero-order valence-electron chi connectivity index (χ0n) is 16.5. The van der Waals surface area contributed by atoms with Crippen molar-refractivity contribution >= 4 is 35.8 Å². The monoisotopic (exact) mass is 448 g/mol. The Kier molecular flexibility index (Phi) is 12.9. The Balaban J connectivity index is 0. The second kappa shape index (κ2) is 13.3. The zero-order chi connectivity index (χ0) is 23.2. The molecule has 0 spiro atoms. The third-order valence-corrected chi connectivity index (χ3v) is 3.43. The smallest absolute Gasteiger partial charge is 0.545 e. The molecular formula is C18H10LiNaO12. The van der Waals surface area contributed by atoms with Gasteiger partial charge in [-0.15, -0.1) is 0 Å². The van der Waals surface area contributed by atoms with Gasteiger partial charge in [-0.2, -0.15) is 0 Å². The van der Waals surface area contributed by atoms with E-state index < -0.39 is 63.6 Å². The third kappa shape index (κ3) is 8.18. The van der Waals surface area contributed by atoms with Gasteiger partial charge in [0.05, 0.1) is 34.2 Å². The largest absolute Gasteiger partial charge is 1.00 e. The second-order valence-corrected chi connectivity index (χ2v) is 5.32. The van der Waals surface area contributed by atoms with Gasteiger partial charge in [-0.3, -0.25) is 0 Å². The number of rotatable bonds is 6. The summed E-state index contributed by atoms with van der Waals surface area (Å²) in [4.78, 5) is 63.2. The molecule has 0 unspecified atom stereocenters. The molecule has 0 amide bonds. The summed E-state index contributed by atoms with van der Waals surface area (Å²) in [5.74, 6) is -9.02. The minimum atomic E-state index is -1.75. The average Bonchev–Trinajstić information content (AvgIpc) is 2.67. The number of hydrogen-bond acceptors (Lipinski definition) is 8. The van der Waals surface area contributed by atoms with Crippen LogP contribution < -0.4 is 58.6 Å². The third-order valence-electron chi connectivity index (χ3n) is 3.43. The normalized spacial score (nSPS) is 9.00. The van der Waals surface area contributed by atoms with E-state index >= 15 is 0 Å². The first-order valence-corrected chi connectivity index (χ1v) is 7.50. The van der Waals surface area contributed by atoms with E-state index in [1.807, 2.05) is 0 Å². The molecule has 0 fully saturated rings. The molecule has 32 heavy (non-hydrogen) atoms. The first-order valence-electron chi connectivity index (χ1n) is 7.50. The molecule has 0 aliphatic heterocycles. The molecule has 0 aliphatic rings. The predicted molar refractivity (Wildman–Crippen MR) is 89.4 cm³/mol. The molecule has 0 atom stereocenters. The number of aromatic carboxylic acids is 6. The van der Waals surface area contributed by atoms with Crippen LogP contribution in [0.15, 0.2) is 36.4 Å². The topological polar surface area (TPSA) is 229 Å². The van der Waals surface area contributed by atoms with Crippen molar-refractivity contribution < 1.29 is 108 Å². The Bertz CT molecular complexity index is 994. The van der Waals surface area contributed by atoms with Gasteiger partial charge in [0.2, 0.25) is 0 Å². The molecule has 156 valence electrons. The molecule has 0 saturated heterocycles. The number of carbonyl (C=O) groups excluding carboxylic acids is 2. The molecule has 0 heterocycles. The Morgan fingerprint density at radius 1 is 0.531 bits per heavy atom. The molecule has 4 N–H and O–H groups in total. The van der Waals surface area contributed by atoms with Crippen molar-refractivity contribution in [2.45, 2.75) is 0 Å². The molecule has 14 heteroatoms. The van der Waals surface area contributed by atoms with Crippen LogP contribution in [0.25, 0.3) is 0 Å². The molecule has 0 aromatic heterocycles. The summed E-state index contributed by atoms with van der Waals surface area (Å²) < 4.78 is 0. The number of carboxylic acids is 6. The van der Waals surface area contributed by atoms with Gasteiger partial charge < -0.3 is 40.2 Å². The SMILES string of the molecule is O=C(O)c1ccc(C(=O)O)c(C(=O)O)c1.O=C([O-])c1ccc(C(=O)O)c(C(=O)[O-])c1.[Li+].[Na+]. The van der Waals surface area contributed by atoms with Gasteiger partial charge in [-0.05, 0) is 35.9 Å². The average molecular weight is 448 g/mol. The van der Waals surface area contributed by atoms with E-state index in [4.69, 9.17) is 20.4 Å². The van der Waals surface area contributed by atoms with Gasteiger partial charge in [0.1, 0.15) is 0 Å². The number of hydrogen-bond donors (Lipinski definition) is 4. The maximum Gasteiger partial charge on any atom is 1.00 e. The fraction of sp³-hybridized carbons (Fsp3) is 0. The predicted octanol–water partition coefficient (Wildman–Crippen LogP) is -7.10. The zero-order valence-corrected chi connectivity index (χ0v) is 18.5. The van der Waals surface area contributed by atoms with Crippen LogP contribution in [-0.2, 0) is 0 Å². The van der Waals surface area contributed by atoms with Crippen molar-refractivity contribution in [3.63, 3.8) is 0 Å². The van der Waals surface area contributed by atoms with E-state index in [-0.39, 0.29) is 54.0 Å². The minimum Gasteiger partial charge on any atom is -0.545 e. The number of carboxylic acid groups (broad SMARTS) is 6. The van der Waals surface area contributed by atoms with Crippen molar-refractivity contribution in [2.24, 2.45) is 0 Å². The van der Waals surface area contributed by atoms with Crippen LogP contribution in [0.1, 0.15) is 62.1 Å². The van der Waals surface area contributed by atoms with Crippen molar-refractivity contribution in [2.75, 3.05) is 0 Å². The minimum absolute atomic E-state index is 0. The summed E-state index contributed by atoms with van der Waals surface area (Å²) in [5.41, 5.74) is -2.88. The Labute approximate surface area is 212 Å². The van der Waals surface area contributed by atoms with Gasteiger partial charge in [0.25, 0.3) is 0 Å². The van der Waals surface area contributed by atoms with Gasteiger partial charge >= 0.3 is 72.3 Å². The first kappa shape index (κ1) is 31.0. The van der Waals surface area contributed by atoms with E-state index in [0.717, 1.165) is 30.3 Å². The van der Waals surface area contributed by atoms with Crippen molar-refractivity contribution in [3.05, 3.63) is 69.8 Å². The molecule has 0 bridgehead atoms. The van der Waals surface area contributed by atoms with Crippen LogP contribution in [0.5, 0.6) is 0 Å². The van der Waals surface area contributed by atoms with Gasteiger partial charge in [0.15, 0.2) is 0 Å². The Morgan fingerprint density at radius 3 is 1.25 bits per heavy atom. The Morgan fingerprint density at radius 2 is 0.906 bits per heavy atom. The number of carbonyl (C=O) groups is 6. The molecule has 0 saturated carbocycles. The molecule has 2 rings (SSSR count). The van der Waals surface area contributed by atoms with Crippen LogP contribution in [-0.4, -0.2) is 56.2 Å². The summed E-state index contributed by atoms with van der Waals surface area (Å²) in [6.45, 7) is 0. The van der Waals surface area contributed by atoms with Crippen LogP contribution in [0.2, 0.25) is 0 Å². The molecule has 12 nitrogen and oxygen atoms in total. The second-order valence-electron chi connectivity index (χ2n) is 5.32. The van der Waals surface area contributed by atoms with Crippen LogP contribution in [0, 0.1) is 0 Å². The van der Waals surface area contributed by atoms with E-state index in [1.54, 1.807) is 0 Å². The summed E-state index contributed by atoms with van der Waals surface area (Å²) in [6, 6.07) is 5.32.